The van der Waals surface area contributed by atoms with Crippen molar-refractivity contribution < 1.29 is 10.0 Å². The van der Waals surface area contributed by atoms with Gasteiger partial charge < -0.3 is 5.73 Å². The van der Waals surface area contributed by atoms with Gasteiger partial charge in [0.1, 0.15) is 0 Å². The molecule has 1 aromatic heterocycles. The zero-order valence-electron chi connectivity index (χ0n) is 9.74. The van der Waals surface area contributed by atoms with Crippen molar-refractivity contribution in [3.8, 4) is 0 Å². The molecule has 18 heavy (non-hydrogen) atoms. The maximum absolute atomic E-state index is 10.7. The number of nitrogens with zero attached hydrogens (tertiary/aromatic N) is 1. The number of amides is 2. The van der Waals surface area contributed by atoms with E-state index in [2.05, 4.69) is 18.2 Å². The molecule has 1 heterocycles. The molecule has 0 unspecified atom stereocenters. The monoisotopic (exact) mass is 262 g/mol. The van der Waals surface area contributed by atoms with Gasteiger partial charge in [-0.2, -0.15) is 0 Å². The quantitative estimate of drug-likeness (QED) is 0.659. The van der Waals surface area contributed by atoms with Gasteiger partial charge in [-0.1, -0.05) is 18.2 Å². The van der Waals surface area contributed by atoms with E-state index in [0.29, 0.717) is 23.4 Å². The number of primary amides is 1. The van der Waals surface area contributed by atoms with Crippen LogP contribution in [0.5, 0.6) is 0 Å². The lowest BCUT2D eigenvalue weighted by Crippen LogP contribution is -2.34. The number of urea groups is 1. The van der Waals surface area contributed by atoms with E-state index in [1.165, 1.54) is 15.0 Å². The summed E-state index contributed by atoms with van der Waals surface area (Å²) in [6, 6.07) is 9.71. The van der Waals surface area contributed by atoms with E-state index < -0.39 is 6.03 Å². The Morgan fingerprint density at radius 1 is 1.50 bits per heavy atom. The van der Waals surface area contributed by atoms with Crippen molar-refractivity contribution in [3.05, 3.63) is 35.2 Å². The predicted molar refractivity (Wildman–Crippen MR) is 70.7 cm³/mol. The summed E-state index contributed by atoms with van der Waals surface area (Å²) in [5.41, 5.74) is 5.00. The molecular formula is C13H14N2O2S. The molecule has 1 saturated carbocycles. The molecule has 1 aromatic carbocycles. The van der Waals surface area contributed by atoms with Gasteiger partial charge in [0, 0.05) is 9.58 Å². The molecule has 1 fully saturated rings. The molecule has 94 valence electrons. The Morgan fingerprint density at radius 3 is 3.00 bits per heavy atom. The molecule has 3 N–H and O–H groups in total. The molecule has 1 aliphatic carbocycles. The molecule has 5 heteroatoms. The van der Waals surface area contributed by atoms with Crippen LogP contribution in [0, 0.1) is 5.92 Å². The topological polar surface area (TPSA) is 66.6 Å². The fourth-order valence-corrected chi connectivity index (χ4v) is 3.57. The van der Waals surface area contributed by atoms with Crippen molar-refractivity contribution in [2.45, 2.75) is 12.3 Å². The highest BCUT2D eigenvalue weighted by molar-refractivity contribution is 7.19. The fraction of sp³-hybridized carbons (Fsp3) is 0.308. The number of carbonyl (C=O) groups excluding carboxylic acids is 1. The Balaban J connectivity index is 1.72. The first kappa shape index (κ1) is 11.5. The molecule has 2 amide bonds. The fourth-order valence-electron chi connectivity index (χ4n) is 2.30. The second-order valence-electron chi connectivity index (χ2n) is 4.71. The van der Waals surface area contributed by atoms with E-state index >= 15 is 0 Å². The van der Waals surface area contributed by atoms with Crippen molar-refractivity contribution in [3.63, 3.8) is 0 Å². The molecule has 0 bridgehead atoms. The molecule has 0 spiro atoms. The van der Waals surface area contributed by atoms with E-state index in [0.717, 1.165) is 6.42 Å². The van der Waals surface area contributed by atoms with Gasteiger partial charge in [0.15, 0.2) is 0 Å². The van der Waals surface area contributed by atoms with Crippen LogP contribution in [0.2, 0.25) is 0 Å². The van der Waals surface area contributed by atoms with E-state index in [9.17, 15) is 10.0 Å². The van der Waals surface area contributed by atoms with Crippen molar-refractivity contribution in [2.75, 3.05) is 6.54 Å². The Hall–Kier alpha value is -1.59. The van der Waals surface area contributed by atoms with Gasteiger partial charge in [-0.3, -0.25) is 5.21 Å². The highest BCUT2D eigenvalue weighted by atomic mass is 32.1. The predicted octanol–water partition coefficient (Wildman–Crippen LogP) is 2.77. The molecule has 2 atom stereocenters. The van der Waals surface area contributed by atoms with Crippen LogP contribution in [0.4, 0.5) is 4.79 Å². The zero-order chi connectivity index (χ0) is 12.7. The number of nitrogens with two attached hydrogens (primary N) is 1. The van der Waals surface area contributed by atoms with Crippen molar-refractivity contribution >= 4 is 27.5 Å². The number of carbonyl (C=O) groups is 1. The third kappa shape index (κ3) is 2.07. The number of hydrogen-bond acceptors (Lipinski definition) is 3. The van der Waals surface area contributed by atoms with Crippen LogP contribution < -0.4 is 5.73 Å². The van der Waals surface area contributed by atoms with Gasteiger partial charge in [-0.15, -0.1) is 11.3 Å². The molecule has 4 nitrogen and oxygen atoms in total. The number of benzene rings is 1. The van der Waals surface area contributed by atoms with Crippen LogP contribution in [-0.2, 0) is 0 Å². The maximum atomic E-state index is 10.7. The van der Waals surface area contributed by atoms with Crippen molar-refractivity contribution in [2.24, 2.45) is 11.7 Å². The van der Waals surface area contributed by atoms with E-state index in [1.807, 2.05) is 12.1 Å². The van der Waals surface area contributed by atoms with Gasteiger partial charge in [0.25, 0.3) is 0 Å². The van der Waals surface area contributed by atoms with E-state index in [1.54, 1.807) is 11.3 Å². The highest BCUT2D eigenvalue weighted by Gasteiger charge is 2.40. The summed E-state index contributed by atoms with van der Waals surface area (Å²) in [7, 11) is 0. The van der Waals surface area contributed by atoms with Gasteiger partial charge in [-0.25, -0.2) is 9.86 Å². The number of fused-ring (bicyclic) bond motifs is 1. The minimum absolute atomic E-state index is 0.328. The summed E-state index contributed by atoms with van der Waals surface area (Å²) >= 11 is 1.79. The smallest absolute Gasteiger partial charge is 0.338 e. The Bertz CT molecular complexity index is 562. The van der Waals surface area contributed by atoms with Crippen molar-refractivity contribution in [1.82, 2.24) is 5.06 Å². The third-order valence-electron chi connectivity index (χ3n) is 3.39. The number of rotatable bonds is 3. The highest BCUT2D eigenvalue weighted by Crippen LogP contribution is 2.50. The third-order valence-corrected chi connectivity index (χ3v) is 4.64. The maximum Gasteiger partial charge on any atom is 0.338 e. The molecule has 3 rings (SSSR count). The van der Waals surface area contributed by atoms with E-state index in [-0.39, 0.29) is 0 Å². The van der Waals surface area contributed by atoms with Crippen LogP contribution in [0.3, 0.4) is 0 Å². The average molecular weight is 262 g/mol. The lowest BCUT2D eigenvalue weighted by atomic mass is 10.2. The average Bonchev–Trinajstić information content (AvgIpc) is 2.98. The first-order valence-electron chi connectivity index (χ1n) is 5.89. The number of thiophene rings is 1. The largest absolute Gasteiger partial charge is 0.350 e. The molecule has 0 radical (unpaired) electrons. The number of hydrogen-bond donors (Lipinski definition) is 2. The Morgan fingerprint density at radius 2 is 2.28 bits per heavy atom. The summed E-state index contributed by atoms with van der Waals surface area (Å²) in [4.78, 5) is 12.1. The molecule has 0 aliphatic heterocycles. The summed E-state index contributed by atoms with van der Waals surface area (Å²) in [5.74, 6) is 0.784. The Labute approximate surface area is 109 Å². The molecule has 1 aliphatic rings. The molecular weight excluding hydrogens is 248 g/mol. The Kier molecular flexibility index (Phi) is 2.72. The van der Waals surface area contributed by atoms with Crippen LogP contribution >= 0.6 is 11.3 Å². The minimum Gasteiger partial charge on any atom is -0.350 e. The summed E-state index contributed by atoms with van der Waals surface area (Å²) < 4.78 is 1.29. The van der Waals surface area contributed by atoms with Crippen LogP contribution in [-0.4, -0.2) is 22.8 Å². The summed E-state index contributed by atoms with van der Waals surface area (Å²) in [6.45, 7) is 0.328. The minimum atomic E-state index is -0.781. The lowest BCUT2D eigenvalue weighted by Gasteiger charge is -2.10. The van der Waals surface area contributed by atoms with Gasteiger partial charge >= 0.3 is 6.03 Å². The first-order valence-corrected chi connectivity index (χ1v) is 6.71. The molecule has 2 aromatic rings. The van der Waals surface area contributed by atoms with Gasteiger partial charge in [0.05, 0.1) is 6.54 Å². The SMILES string of the molecule is NC(=O)N(O)C[C@@H]1C[C@H]1c1cc2ccccc2s1. The standard InChI is InChI=1S/C13H14N2O2S/c14-13(16)15(17)7-9-5-10(9)12-6-8-3-1-2-4-11(8)18-12/h1-4,6,9-10,17H,5,7H2,(H2,14,16)/t9-,10+/m0/s1. The van der Waals surface area contributed by atoms with Crippen LogP contribution in [0.15, 0.2) is 30.3 Å². The van der Waals surface area contributed by atoms with Gasteiger partial charge in [-0.05, 0) is 35.8 Å². The van der Waals surface area contributed by atoms with Crippen LogP contribution in [0.1, 0.15) is 17.2 Å². The summed E-state index contributed by atoms with van der Waals surface area (Å²) in [6.07, 6.45) is 1.01. The number of hydroxylamine groups is 2. The van der Waals surface area contributed by atoms with Crippen LogP contribution in [0.25, 0.3) is 10.1 Å². The molecule has 0 saturated heterocycles. The summed E-state index contributed by atoms with van der Waals surface area (Å²) in [5, 5.41) is 11.2. The first-order chi connectivity index (χ1) is 8.65. The second kappa shape index (κ2) is 4.26. The van der Waals surface area contributed by atoms with Gasteiger partial charge in [0.2, 0.25) is 0 Å². The van der Waals surface area contributed by atoms with E-state index in [4.69, 9.17) is 5.73 Å². The van der Waals surface area contributed by atoms with Crippen molar-refractivity contribution in [1.29, 1.82) is 0 Å². The second-order valence-corrected chi connectivity index (χ2v) is 5.82. The normalized spacial score (nSPS) is 22.1. The lowest BCUT2D eigenvalue weighted by molar-refractivity contribution is -0.0431. The zero-order valence-corrected chi connectivity index (χ0v) is 10.6.